The van der Waals surface area contributed by atoms with Gasteiger partial charge in [-0.3, -0.25) is 0 Å². The Labute approximate surface area is 296 Å². The first-order valence-electron chi connectivity index (χ1n) is 17.0. The fourth-order valence-corrected chi connectivity index (χ4v) is 6.95. The van der Waals surface area contributed by atoms with E-state index in [0.717, 1.165) is 51.1 Å². The molecule has 0 fully saturated rings. The standard InChI is InChI=1S/C46H30N4O/c47-29-30-25-37(27-38(26-30)46-49-44(34-13-6-2-7-14-34)48-45(50-46)35-15-8-3-9-16-35)39-17-10-18-42-43(39)40-28-36(23-24-41(40)51-42)33-21-19-32(20-22-33)31-11-4-1-5-12-31/h1-23,25-28,41H,24H2/t41-/m0/s1. The predicted octanol–water partition coefficient (Wildman–Crippen LogP) is 10.7. The van der Waals surface area contributed by atoms with Crippen LogP contribution in [-0.4, -0.2) is 21.1 Å². The molecular weight excluding hydrogens is 625 g/mol. The molecule has 7 aromatic rings. The van der Waals surface area contributed by atoms with Gasteiger partial charge < -0.3 is 4.74 Å². The topological polar surface area (TPSA) is 71.7 Å². The summed E-state index contributed by atoms with van der Waals surface area (Å²) in [5.41, 5.74) is 11.9. The number of allylic oxidation sites excluding steroid dienone is 2. The van der Waals surface area contributed by atoms with Crippen LogP contribution in [0.15, 0.2) is 164 Å². The Morgan fingerprint density at radius 3 is 1.71 bits per heavy atom. The average Bonchev–Trinajstić information content (AvgIpc) is 3.60. The summed E-state index contributed by atoms with van der Waals surface area (Å²) < 4.78 is 6.52. The summed E-state index contributed by atoms with van der Waals surface area (Å²) in [6.07, 6.45) is 5.23. The summed E-state index contributed by atoms with van der Waals surface area (Å²) in [6, 6.07) is 53.4. The molecule has 2 aliphatic rings. The molecule has 1 atom stereocenters. The van der Waals surface area contributed by atoms with E-state index in [4.69, 9.17) is 19.7 Å². The van der Waals surface area contributed by atoms with Crippen molar-refractivity contribution in [1.29, 1.82) is 5.26 Å². The lowest BCUT2D eigenvalue weighted by atomic mass is 9.86. The molecule has 1 aliphatic carbocycles. The molecule has 5 nitrogen and oxygen atoms in total. The summed E-state index contributed by atoms with van der Waals surface area (Å²) in [5, 5.41) is 10.2. The second-order valence-corrected chi connectivity index (χ2v) is 12.7. The lowest BCUT2D eigenvalue weighted by Crippen LogP contribution is -2.13. The van der Waals surface area contributed by atoms with Crippen LogP contribution in [0.5, 0.6) is 5.75 Å². The largest absolute Gasteiger partial charge is 0.485 e. The number of nitriles is 1. The maximum atomic E-state index is 10.2. The molecule has 5 heteroatoms. The molecule has 0 unspecified atom stereocenters. The minimum Gasteiger partial charge on any atom is -0.485 e. The monoisotopic (exact) mass is 654 g/mol. The van der Waals surface area contributed by atoms with Gasteiger partial charge in [0.25, 0.3) is 0 Å². The summed E-state index contributed by atoms with van der Waals surface area (Å²) >= 11 is 0. The van der Waals surface area contributed by atoms with Crippen LogP contribution in [0.3, 0.4) is 0 Å². The van der Waals surface area contributed by atoms with Gasteiger partial charge in [-0.2, -0.15) is 5.26 Å². The van der Waals surface area contributed by atoms with Crippen molar-refractivity contribution in [2.75, 3.05) is 0 Å². The fraction of sp³-hybridized carbons (Fsp3) is 0.0435. The van der Waals surface area contributed by atoms with E-state index in [2.05, 4.69) is 78.9 Å². The number of hydrogen-bond acceptors (Lipinski definition) is 5. The Morgan fingerprint density at radius 2 is 1.08 bits per heavy atom. The molecule has 0 amide bonds. The van der Waals surface area contributed by atoms with Gasteiger partial charge in [0.2, 0.25) is 0 Å². The highest BCUT2D eigenvalue weighted by Gasteiger charge is 2.33. The van der Waals surface area contributed by atoms with E-state index < -0.39 is 0 Å². The van der Waals surface area contributed by atoms with Crippen LogP contribution in [0.2, 0.25) is 0 Å². The van der Waals surface area contributed by atoms with Crippen molar-refractivity contribution in [3.63, 3.8) is 0 Å². The van der Waals surface area contributed by atoms with Crippen LogP contribution in [0, 0.1) is 11.3 Å². The first-order valence-corrected chi connectivity index (χ1v) is 17.0. The van der Waals surface area contributed by atoms with Crippen molar-refractivity contribution in [2.24, 2.45) is 0 Å². The van der Waals surface area contributed by atoms with Crippen LogP contribution in [0.25, 0.3) is 67.6 Å². The molecule has 6 aromatic carbocycles. The molecule has 2 heterocycles. The number of hydrogen-bond donors (Lipinski definition) is 0. The molecule has 51 heavy (non-hydrogen) atoms. The Bertz CT molecular complexity index is 2460. The van der Waals surface area contributed by atoms with Gasteiger partial charge in [-0.1, -0.05) is 133 Å². The van der Waals surface area contributed by atoms with E-state index in [0.29, 0.717) is 23.0 Å². The maximum absolute atomic E-state index is 10.2. The first-order chi connectivity index (χ1) is 25.2. The number of rotatable bonds is 6. The molecule has 0 N–H and O–H groups in total. The van der Waals surface area contributed by atoms with Crippen LogP contribution in [0.1, 0.15) is 23.1 Å². The smallest absolute Gasteiger partial charge is 0.164 e. The van der Waals surface area contributed by atoms with Gasteiger partial charge >= 0.3 is 0 Å². The van der Waals surface area contributed by atoms with Crippen molar-refractivity contribution in [3.8, 4) is 68.2 Å². The van der Waals surface area contributed by atoms with Gasteiger partial charge in [-0.25, -0.2) is 15.0 Å². The molecule has 0 spiro atoms. The quantitative estimate of drug-likeness (QED) is 0.178. The van der Waals surface area contributed by atoms with E-state index in [1.165, 1.54) is 22.3 Å². The van der Waals surface area contributed by atoms with Crippen LogP contribution < -0.4 is 4.74 Å². The van der Waals surface area contributed by atoms with Crippen LogP contribution in [-0.2, 0) is 0 Å². The van der Waals surface area contributed by atoms with E-state index in [-0.39, 0.29) is 6.10 Å². The van der Waals surface area contributed by atoms with E-state index >= 15 is 0 Å². The maximum Gasteiger partial charge on any atom is 0.164 e. The third-order valence-electron chi connectivity index (χ3n) is 9.45. The summed E-state index contributed by atoms with van der Waals surface area (Å²) in [4.78, 5) is 14.7. The predicted molar refractivity (Wildman–Crippen MR) is 203 cm³/mol. The Balaban J connectivity index is 1.13. The highest BCUT2D eigenvalue weighted by atomic mass is 16.5. The molecule has 9 rings (SSSR count). The van der Waals surface area contributed by atoms with Crippen molar-refractivity contribution in [3.05, 3.63) is 181 Å². The molecule has 1 aliphatic heterocycles. The van der Waals surface area contributed by atoms with Crippen molar-refractivity contribution in [2.45, 2.75) is 12.5 Å². The number of aromatic nitrogens is 3. The van der Waals surface area contributed by atoms with Gasteiger partial charge in [0.1, 0.15) is 11.9 Å². The van der Waals surface area contributed by atoms with Crippen molar-refractivity contribution in [1.82, 2.24) is 15.0 Å². The molecular formula is C46H30N4O. The second kappa shape index (κ2) is 12.9. The van der Waals surface area contributed by atoms with Gasteiger partial charge in [-0.15, -0.1) is 0 Å². The second-order valence-electron chi connectivity index (χ2n) is 12.7. The SMILES string of the molecule is N#Cc1cc(-c2nc(-c3ccccc3)nc(-c3ccccc3)n2)cc(-c2cccc3c2C2=CC(c4ccc(-c5ccccc5)cc4)=CC[C@@H]2O3)c1. The Hall–Kier alpha value is -6.90. The summed E-state index contributed by atoms with van der Waals surface area (Å²) in [6.45, 7) is 0. The molecule has 240 valence electrons. The average molecular weight is 655 g/mol. The minimum absolute atomic E-state index is 0.0718. The van der Waals surface area contributed by atoms with E-state index in [1.807, 2.05) is 91.0 Å². The van der Waals surface area contributed by atoms with Gasteiger partial charge in [-0.05, 0) is 63.7 Å². The van der Waals surface area contributed by atoms with Gasteiger partial charge in [0.15, 0.2) is 17.5 Å². The summed E-state index contributed by atoms with van der Waals surface area (Å²) in [7, 11) is 0. The normalized spacial score (nSPS) is 14.4. The van der Waals surface area contributed by atoms with E-state index in [9.17, 15) is 5.26 Å². The third-order valence-corrected chi connectivity index (χ3v) is 9.45. The van der Waals surface area contributed by atoms with Gasteiger partial charge in [0.05, 0.1) is 11.6 Å². The lowest BCUT2D eigenvalue weighted by molar-refractivity contribution is 0.279. The van der Waals surface area contributed by atoms with Crippen molar-refractivity contribution >= 4 is 11.1 Å². The van der Waals surface area contributed by atoms with Crippen molar-refractivity contribution < 1.29 is 4.74 Å². The van der Waals surface area contributed by atoms with Crippen LogP contribution >= 0.6 is 0 Å². The highest BCUT2D eigenvalue weighted by molar-refractivity contribution is 5.96. The van der Waals surface area contributed by atoms with Crippen LogP contribution in [0.4, 0.5) is 0 Å². The number of ether oxygens (including phenoxy) is 1. The molecule has 0 saturated heterocycles. The molecule has 0 saturated carbocycles. The number of benzene rings is 6. The molecule has 0 radical (unpaired) electrons. The minimum atomic E-state index is -0.0718. The summed E-state index contributed by atoms with van der Waals surface area (Å²) in [5.74, 6) is 2.50. The number of fused-ring (bicyclic) bond motifs is 3. The highest BCUT2D eigenvalue weighted by Crippen LogP contribution is 2.48. The van der Waals surface area contributed by atoms with Gasteiger partial charge in [0, 0.05) is 34.2 Å². The molecule has 0 bridgehead atoms. The lowest BCUT2D eigenvalue weighted by Gasteiger charge is -2.18. The zero-order valence-electron chi connectivity index (χ0n) is 27.6. The molecule has 1 aromatic heterocycles. The zero-order valence-corrected chi connectivity index (χ0v) is 27.6. The Morgan fingerprint density at radius 1 is 0.529 bits per heavy atom. The Kier molecular flexibility index (Phi) is 7.60. The fourth-order valence-electron chi connectivity index (χ4n) is 6.95. The zero-order chi connectivity index (χ0) is 34.1. The first kappa shape index (κ1) is 30.2. The number of nitrogens with zero attached hydrogens (tertiary/aromatic N) is 4. The van der Waals surface area contributed by atoms with E-state index in [1.54, 1.807) is 0 Å². The third kappa shape index (κ3) is 5.79.